The van der Waals surface area contributed by atoms with Crippen LogP contribution in [-0.2, 0) is 14.3 Å². The average molecular weight is 371 g/mol. The second-order valence-corrected chi connectivity index (χ2v) is 6.78. The first-order valence-corrected chi connectivity index (χ1v) is 8.98. The molecule has 148 valence electrons. The van der Waals surface area contributed by atoms with Gasteiger partial charge in [0.25, 0.3) is 0 Å². The largest absolute Gasteiger partial charge is 0.394 e. The van der Waals surface area contributed by atoms with Crippen LogP contribution in [0.5, 0.6) is 0 Å². The quantitative estimate of drug-likeness (QED) is 0.336. The predicted molar refractivity (Wildman–Crippen MR) is 93.0 cm³/mol. The minimum Gasteiger partial charge on any atom is -0.394 e. The van der Waals surface area contributed by atoms with Gasteiger partial charge >= 0.3 is 0 Å². The molecule has 2 aliphatic rings. The monoisotopic (exact) mass is 371 g/mol. The standard InChI is InChI=1S/C18H29NO7/c1-11(17(24)19-8-4-7-12-5-2-3-6-12)10-25-18-16(23)15(22)14(21)13(9-20)26-18/h2-3,5,11,13-16,18,20-23H,4,6-10H2,1H3,(H,19,24)/t11-,13-,14-,15+,16+,18+/m1/s1. The molecule has 0 aromatic heterocycles. The number of allylic oxidation sites excluding steroid dienone is 4. The van der Waals surface area contributed by atoms with E-state index in [1.165, 1.54) is 5.57 Å². The van der Waals surface area contributed by atoms with E-state index in [1.54, 1.807) is 6.92 Å². The Morgan fingerprint density at radius 2 is 2.12 bits per heavy atom. The number of carbonyl (C=O) groups excluding carboxylic acids is 1. The Kier molecular flexibility index (Phi) is 8.20. The topological polar surface area (TPSA) is 128 Å². The predicted octanol–water partition coefficient (Wildman–Crippen LogP) is -0.778. The van der Waals surface area contributed by atoms with Crippen LogP contribution < -0.4 is 5.32 Å². The van der Waals surface area contributed by atoms with Crippen LogP contribution in [0.1, 0.15) is 26.2 Å². The van der Waals surface area contributed by atoms with Gasteiger partial charge in [-0.05, 0) is 19.3 Å². The summed E-state index contributed by atoms with van der Waals surface area (Å²) in [5, 5.41) is 41.3. The van der Waals surface area contributed by atoms with Crippen molar-refractivity contribution in [3.63, 3.8) is 0 Å². The van der Waals surface area contributed by atoms with Crippen molar-refractivity contribution in [2.24, 2.45) is 5.92 Å². The zero-order valence-electron chi connectivity index (χ0n) is 15.0. The maximum atomic E-state index is 12.1. The molecule has 1 fully saturated rings. The summed E-state index contributed by atoms with van der Waals surface area (Å²) in [7, 11) is 0. The van der Waals surface area contributed by atoms with Crippen molar-refractivity contribution < 1.29 is 34.7 Å². The fourth-order valence-corrected chi connectivity index (χ4v) is 2.90. The third kappa shape index (κ3) is 5.60. The van der Waals surface area contributed by atoms with Crippen molar-refractivity contribution in [2.75, 3.05) is 19.8 Å². The van der Waals surface area contributed by atoms with Gasteiger partial charge in [0.1, 0.15) is 24.4 Å². The highest BCUT2D eigenvalue weighted by atomic mass is 16.7. The Hall–Kier alpha value is -1.29. The molecule has 1 aliphatic heterocycles. The maximum absolute atomic E-state index is 12.1. The summed E-state index contributed by atoms with van der Waals surface area (Å²) < 4.78 is 10.6. The van der Waals surface area contributed by atoms with Crippen LogP contribution in [0.15, 0.2) is 23.8 Å². The zero-order valence-corrected chi connectivity index (χ0v) is 15.0. The Labute approximate surface area is 153 Å². The van der Waals surface area contributed by atoms with Crippen molar-refractivity contribution >= 4 is 5.91 Å². The molecule has 8 nitrogen and oxygen atoms in total. The molecule has 6 atom stereocenters. The molecule has 8 heteroatoms. The van der Waals surface area contributed by atoms with E-state index in [4.69, 9.17) is 14.6 Å². The lowest BCUT2D eigenvalue weighted by atomic mass is 9.99. The van der Waals surface area contributed by atoms with E-state index < -0.39 is 43.2 Å². The SMILES string of the molecule is C[C@H](CO[C@H]1O[C@H](CO)[C@@H](O)[C@H](O)[C@@H]1O)C(=O)NCCCC1=CC=CC1. The first kappa shape index (κ1) is 21.0. The van der Waals surface area contributed by atoms with Gasteiger partial charge in [-0.15, -0.1) is 0 Å². The Bertz CT molecular complexity index is 520. The van der Waals surface area contributed by atoms with Crippen LogP contribution >= 0.6 is 0 Å². The highest BCUT2D eigenvalue weighted by molar-refractivity contribution is 5.78. The first-order valence-electron chi connectivity index (χ1n) is 8.98. The summed E-state index contributed by atoms with van der Waals surface area (Å²) >= 11 is 0. The van der Waals surface area contributed by atoms with Gasteiger partial charge in [0.15, 0.2) is 6.29 Å². The van der Waals surface area contributed by atoms with Gasteiger partial charge in [0, 0.05) is 6.54 Å². The number of hydrogen-bond donors (Lipinski definition) is 5. The lowest BCUT2D eigenvalue weighted by molar-refractivity contribution is -0.302. The normalized spacial score (nSPS) is 32.3. The molecule has 0 saturated carbocycles. The van der Waals surface area contributed by atoms with Gasteiger partial charge < -0.3 is 35.2 Å². The van der Waals surface area contributed by atoms with E-state index >= 15 is 0 Å². The Morgan fingerprint density at radius 3 is 2.77 bits per heavy atom. The van der Waals surface area contributed by atoms with E-state index in [0.717, 1.165) is 19.3 Å². The highest BCUT2D eigenvalue weighted by Gasteiger charge is 2.44. The molecule has 5 N–H and O–H groups in total. The zero-order chi connectivity index (χ0) is 19.1. The third-order valence-corrected chi connectivity index (χ3v) is 4.63. The number of ether oxygens (including phenoxy) is 2. The Balaban J connectivity index is 1.67. The summed E-state index contributed by atoms with van der Waals surface area (Å²) in [4.78, 5) is 12.1. The maximum Gasteiger partial charge on any atom is 0.225 e. The number of nitrogens with one attached hydrogen (secondary N) is 1. The summed E-state index contributed by atoms with van der Waals surface area (Å²) in [6.45, 7) is 1.71. The van der Waals surface area contributed by atoms with Crippen LogP contribution in [0.2, 0.25) is 0 Å². The van der Waals surface area contributed by atoms with Crippen molar-refractivity contribution in [1.29, 1.82) is 0 Å². The summed E-state index contributed by atoms with van der Waals surface area (Å²) in [6, 6.07) is 0. The first-order chi connectivity index (χ1) is 12.4. The number of aliphatic hydroxyl groups is 4. The molecule has 26 heavy (non-hydrogen) atoms. The van der Waals surface area contributed by atoms with Crippen LogP contribution in [0.4, 0.5) is 0 Å². The van der Waals surface area contributed by atoms with Gasteiger partial charge in [-0.2, -0.15) is 0 Å². The molecule has 0 unspecified atom stereocenters. The molecule has 1 heterocycles. The van der Waals surface area contributed by atoms with Crippen LogP contribution in [-0.4, -0.2) is 76.8 Å². The molecule has 0 radical (unpaired) electrons. The van der Waals surface area contributed by atoms with Crippen molar-refractivity contribution in [1.82, 2.24) is 5.32 Å². The second kappa shape index (κ2) is 10.1. The highest BCUT2D eigenvalue weighted by Crippen LogP contribution is 2.22. The van der Waals surface area contributed by atoms with Gasteiger partial charge in [-0.3, -0.25) is 4.79 Å². The van der Waals surface area contributed by atoms with E-state index in [2.05, 4.69) is 17.5 Å². The minimum absolute atomic E-state index is 0.0242. The molecule has 0 aromatic carbocycles. The van der Waals surface area contributed by atoms with Crippen molar-refractivity contribution in [3.8, 4) is 0 Å². The van der Waals surface area contributed by atoms with E-state index in [9.17, 15) is 20.1 Å². The van der Waals surface area contributed by atoms with E-state index in [-0.39, 0.29) is 12.5 Å². The van der Waals surface area contributed by atoms with E-state index in [0.29, 0.717) is 6.54 Å². The number of carbonyl (C=O) groups is 1. The Morgan fingerprint density at radius 1 is 1.35 bits per heavy atom. The summed E-state index contributed by atoms with van der Waals surface area (Å²) in [5.74, 6) is -0.650. The lowest BCUT2D eigenvalue weighted by Gasteiger charge is -2.39. The second-order valence-electron chi connectivity index (χ2n) is 6.78. The number of rotatable bonds is 9. The average Bonchev–Trinajstić information content (AvgIpc) is 3.15. The van der Waals surface area contributed by atoms with E-state index in [1.807, 2.05) is 6.08 Å². The van der Waals surface area contributed by atoms with Gasteiger partial charge in [-0.25, -0.2) is 0 Å². The van der Waals surface area contributed by atoms with Crippen LogP contribution in [0.3, 0.4) is 0 Å². The van der Waals surface area contributed by atoms with Crippen LogP contribution in [0, 0.1) is 5.92 Å². The third-order valence-electron chi connectivity index (χ3n) is 4.63. The fourth-order valence-electron chi connectivity index (χ4n) is 2.90. The summed E-state index contributed by atoms with van der Waals surface area (Å²) in [5.41, 5.74) is 1.36. The molecule has 0 aromatic rings. The van der Waals surface area contributed by atoms with Gasteiger partial charge in [0.2, 0.25) is 5.91 Å². The van der Waals surface area contributed by atoms with Gasteiger partial charge in [0.05, 0.1) is 19.1 Å². The van der Waals surface area contributed by atoms with Crippen molar-refractivity contribution in [2.45, 2.75) is 56.9 Å². The lowest BCUT2D eigenvalue weighted by Crippen LogP contribution is -2.59. The number of aliphatic hydroxyl groups excluding tert-OH is 4. The molecular weight excluding hydrogens is 342 g/mol. The fraction of sp³-hybridized carbons (Fsp3) is 0.722. The molecule has 0 spiro atoms. The molecule has 1 saturated heterocycles. The summed E-state index contributed by atoms with van der Waals surface area (Å²) in [6.07, 6.45) is 2.40. The smallest absolute Gasteiger partial charge is 0.225 e. The minimum atomic E-state index is -1.49. The molecular formula is C18H29NO7. The number of amides is 1. The van der Waals surface area contributed by atoms with Crippen molar-refractivity contribution in [3.05, 3.63) is 23.8 Å². The molecule has 2 rings (SSSR count). The number of hydrogen-bond acceptors (Lipinski definition) is 7. The van der Waals surface area contributed by atoms with Gasteiger partial charge in [-0.1, -0.05) is 30.7 Å². The molecule has 0 bridgehead atoms. The van der Waals surface area contributed by atoms with Crippen LogP contribution in [0.25, 0.3) is 0 Å². The molecule has 1 aliphatic carbocycles. The molecule has 1 amide bonds.